The predicted octanol–water partition coefficient (Wildman–Crippen LogP) is 1.50. The van der Waals surface area contributed by atoms with Crippen molar-refractivity contribution in [1.29, 1.82) is 0 Å². The second kappa shape index (κ2) is 5.81. The maximum atomic E-state index is 10.5. The third-order valence-electron chi connectivity index (χ3n) is 4.30. The molecule has 0 unspecified atom stereocenters. The van der Waals surface area contributed by atoms with Gasteiger partial charge in [-0.3, -0.25) is 0 Å². The summed E-state index contributed by atoms with van der Waals surface area (Å²) in [5.74, 6) is 0.132. The monoisotopic (exact) mass is 307 g/mol. The number of aromatic hydroxyl groups is 1. The number of rotatable bonds is 4. The van der Waals surface area contributed by atoms with E-state index in [1.807, 2.05) is 27.7 Å². The minimum Gasteiger partial charge on any atom is -0.508 e. The highest BCUT2D eigenvalue weighted by Crippen LogP contribution is 2.36. The molecule has 1 amide bonds. The lowest BCUT2D eigenvalue weighted by Gasteiger charge is -2.32. The number of benzene rings is 1. The highest BCUT2D eigenvalue weighted by Gasteiger charge is 2.51. The van der Waals surface area contributed by atoms with Crippen LogP contribution in [0.1, 0.15) is 33.3 Å². The van der Waals surface area contributed by atoms with E-state index in [2.05, 4.69) is 5.32 Å². The first-order valence-electron chi connectivity index (χ1n) is 7.26. The third-order valence-corrected chi connectivity index (χ3v) is 4.30. The van der Waals surface area contributed by atoms with Crippen molar-refractivity contribution < 1.29 is 24.3 Å². The third kappa shape index (κ3) is 3.36. The Balaban J connectivity index is 2.15. The highest BCUT2D eigenvalue weighted by molar-refractivity contribution is 6.62. The maximum absolute atomic E-state index is 10.5. The minimum atomic E-state index is -1.08. The van der Waals surface area contributed by atoms with Gasteiger partial charge in [-0.25, -0.2) is 4.79 Å². The summed E-state index contributed by atoms with van der Waals surface area (Å²) in [5, 5.41) is 20.8. The molecule has 1 aromatic rings. The topological polar surface area (TPSA) is 88.0 Å². The van der Waals surface area contributed by atoms with E-state index in [-0.39, 0.29) is 12.3 Å². The molecule has 0 atom stereocenters. The molecule has 0 spiro atoms. The van der Waals surface area contributed by atoms with Crippen LogP contribution in [0, 0.1) is 0 Å². The number of carboxylic acid groups (broad SMARTS) is 1. The van der Waals surface area contributed by atoms with Gasteiger partial charge in [-0.1, -0.05) is 12.1 Å². The Morgan fingerprint density at radius 3 is 2.36 bits per heavy atom. The van der Waals surface area contributed by atoms with E-state index in [1.54, 1.807) is 18.2 Å². The summed E-state index contributed by atoms with van der Waals surface area (Å²) in [5.41, 5.74) is 0.601. The van der Waals surface area contributed by atoms with Gasteiger partial charge in [0.15, 0.2) is 0 Å². The van der Waals surface area contributed by atoms with Gasteiger partial charge in [-0.15, -0.1) is 0 Å². The molecule has 1 fully saturated rings. The van der Waals surface area contributed by atoms with E-state index in [9.17, 15) is 9.90 Å². The zero-order valence-electron chi connectivity index (χ0n) is 13.3. The zero-order valence-corrected chi connectivity index (χ0v) is 13.3. The van der Waals surface area contributed by atoms with Gasteiger partial charge in [0.2, 0.25) is 0 Å². The minimum absolute atomic E-state index is 0.132. The molecular weight excluding hydrogens is 285 g/mol. The summed E-state index contributed by atoms with van der Waals surface area (Å²) in [6.07, 6.45) is -0.688. The van der Waals surface area contributed by atoms with Gasteiger partial charge in [0, 0.05) is 6.54 Å². The largest absolute Gasteiger partial charge is 0.508 e. The summed E-state index contributed by atoms with van der Waals surface area (Å²) in [7, 11) is -0.503. The molecule has 1 saturated heterocycles. The van der Waals surface area contributed by atoms with Gasteiger partial charge in [0.05, 0.1) is 11.2 Å². The number of amides is 1. The number of hydrogen-bond donors (Lipinski definition) is 3. The van der Waals surface area contributed by atoms with Crippen molar-refractivity contribution in [1.82, 2.24) is 5.32 Å². The summed E-state index contributed by atoms with van der Waals surface area (Å²) < 4.78 is 11.9. The first-order valence-corrected chi connectivity index (χ1v) is 7.26. The maximum Gasteiger partial charge on any atom is 0.494 e. The van der Waals surface area contributed by atoms with Crippen LogP contribution in [0.2, 0.25) is 0 Å². The summed E-state index contributed by atoms with van der Waals surface area (Å²) in [6, 6.07) is 5.13. The second-order valence-corrected chi connectivity index (χ2v) is 6.46. The lowest BCUT2D eigenvalue weighted by molar-refractivity contribution is 0.00578. The molecule has 1 heterocycles. The Kier molecular flexibility index (Phi) is 4.40. The van der Waals surface area contributed by atoms with Crippen molar-refractivity contribution in [3.05, 3.63) is 23.8 Å². The van der Waals surface area contributed by atoms with Crippen LogP contribution in [-0.4, -0.2) is 41.2 Å². The highest BCUT2D eigenvalue weighted by atomic mass is 16.7. The molecule has 0 aromatic heterocycles. The molecule has 1 aromatic carbocycles. The van der Waals surface area contributed by atoms with Gasteiger partial charge in [-0.05, 0) is 51.2 Å². The van der Waals surface area contributed by atoms with Gasteiger partial charge in [0.1, 0.15) is 5.75 Å². The zero-order chi connectivity index (χ0) is 16.5. The molecule has 1 aliphatic heterocycles. The number of hydrogen-bond acceptors (Lipinski definition) is 4. The first-order chi connectivity index (χ1) is 10.1. The molecular formula is C15H22BNO5. The number of phenolic OH excluding ortho intramolecular Hbond substituents is 1. The van der Waals surface area contributed by atoms with Crippen molar-refractivity contribution in [3.8, 4) is 5.75 Å². The SMILES string of the molecule is CC1(C)OB(c2ccc(O)c(CCNC(=O)O)c2)OC1(C)C. The van der Waals surface area contributed by atoms with Gasteiger partial charge < -0.3 is 24.8 Å². The number of nitrogens with one attached hydrogen (secondary N) is 1. The van der Waals surface area contributed by atoms with Crippen LogP contribution >= 0.6 is 0 Å². The molecule has 6 nitrogen and oxygen atoms in total. The Bertz CT molecular complexity index is 557. The molecule has 0 aliphatic carbocycles. The standard InChI is InChI=1S/C15H22BNO5/c1-14(2)15(3,4)22-16(21-14)11-5-6-12(18)10(9-11)7-8-17-13(19)20/h5-6,9,17-18H,7-8H2,1-4H3,(H,19,20). The number of carbonyl (C=O) groups is 1. The van der Waals surface area contributed by atoms with Crippen LogP contribution < -0.4 is 10.8 Å². The van der Waals surface area contributed by atoms with Gasteiger partial charge in [0.25, 0.3) is 0 Å². The molecule has 120 valence electrons. The summed E-state index contributed by atoms with van der Waals surface area (Å²) in [6.45, 7) is 8.14. The molecule has 1 aliphatic rings. The average molecular weight is 307 g/mol. The van der Waals surface area contributed by atoms with Crippen molar-refractivity contribution in [3.63, 3.8) is 0 Å². The van der Waals surface area contributed by atoms with Crippen molar-refractivity contribution in [2.75, 3.05) is 6.54 Å². The predicted molar refractivity (Wildman–Crippen MR) is 83.6 cm³/mol. The first kappa shape index (κ1) is 16.6. The van der Waals surface area contributed by atoms with E-state index in [0.29, 0.717) is 12.0 Å². The Morgan fingerprint density at radius 2 is 1.82 bits per heavy atom. The van der Waals surface area contributed by atoms with Gasteiger partial charge in [-0.2, -0.15) is 0 Å². The average Bonchev–Trinajstić information content (AvgIpc) is 2.60. The quantitative estimate of drug-likeness (QED) is 0.734. The van der Waals surface area contributed by atoms with Crippen LogP contribution in [0.3, 0.4) is 0 Å². The van der Waals surface area contributed by atoms with E-state index in [1.165, 1.54) is 0 Å². The lowest BCUT2D eigenvalue weighted by atomic mass is 9.78. The molecule has 0 bridgehead atoms. The lowest BCUT2D eigenvalue weighted by Crippen LogP contribution is -2.41. The van der Waals surface area contributed by atoms with E-state index >= 15 is 0 Å². The fourth-order valence-electron chi connectivity index (χ4n) is 2.24. The van der Waals surface area contributed by atoms with Crippen LogP contribution in [-0.2, 0) is 15.7 Å². The normalized spacial score (nSPS) is 19.2. The summed E-state index contributed by atoms with van der Waals surface area (Å²) in [4.78, 5) is 10.5. The smallest absolute Gasteiger partial charge is 0.494 e. The van der Waals surface area contributed by atoms with Crippen molar-refractivity contribution in [2.24, 2.45) is 0 Å². The summed E-state index contributed by atoms with van der Waals surface area (Å²) >= 11 is 0. The van der Waals surface area contributed by atoms with E-state index in [0.717, 1.165) is 5.46 Å². The Hall–Kier alpha value is -1.73. The fourth-order valence-corrected chi connectivity index (χ4v) is 2.24. The van der Waals surface area contributed by atoms with Gasteiger partial charge >= 0.3 is 13.2 Å². The molecule has 2 rings (SSSR count). The van der Waals surface area contributed by atoms with Crippen molar-refractivity contribution in [2.45, 2.75) is 45.3 Å². The fraction of sp³-hybridized carbons (Fsp3) is 0.533. The molecule has 22 heavy (non-hydrogen) atoms. The molecule has 7 heteroatoms. The second-order valence-electron chi connectivity index (χ2n) is 6.46. The molecule has 0 radical (unpaired) electrons. The molecule has 0 saturated carbocycles. The number of phenols is 1. The van der Waals surface area contributed by atoms with Crippen LogP contribution in [0.4, 0.5) is 4.79 Å². The van der Waals surface area contributed by atoms with Crippen LogP contribution in [0.25, 0.3) is 0 Å². The van der Waals surface area contributed by atoms with E-state index in [4.69, 9.17) is 14.4 Å². The Morgan fingerprint density at radius 1 is 1.23 bits per heavy atom. The molecule has 3 N–H and O–H groups in total. The van der Waals surface area contributed by atoms with Crippen molar-refractivity contribution >= 4 is 18.7 Å². The van der Waals surface area contributed by atoms with E-state index < -0.39 is 24.4 Å². The van der Waals surface area contributed by atoms with Crippen LogP contribution in [0.15, 0.2) is 18.2 Å². The van der Waals surface area contributed by atoms with Crippen LogP contribution in [0.5, 0.6) is 5.75 Å². The Labute approximate surface area is 130 Å².